The fourth-order valence-electron chi connectivity index (χ4n) is 9.81. The summed E-state index contributed by atoms with van der Waals surface area (Å²) in [6.07, 6.45) is 4.62. The van der Waals surface area contributed by atoms with E-state index in [1.165, 1.54) is 11.6 Å². The highest BCUT2D eigenvalue weighted by Gasteiger charge is 2.46. The molecule has 3 aromatic rings. The lowest BCUT2D eigenvalue weighted by Crippen LogP contribution is -2.54. The van der Waals surface area contributed by atoms with Gasteiger partial charge in [0, 0.05) is 65.0 Å². The topological polar surface area (TPSA) is 211 Å². The summed E-state index contributed by atoms with van der Waals surface area (Å²) in [5.74, 6) is -2.60. The minimum Gasteiger partial charge on any atom is -0.369 e. The number of hydrogen-bond acceptors (Lipinski definition) is 13. The molecule has 7 amide bonds. The molecule has 19 heteroatoms. The Bertz CT molecular complexity index is 2290. The number of carbonyl (C=O) groups excluding carboxylic acids is 6. The Balaban J connectivity index is 0.780. The lowest BCUT2D eigenvalue weighted by molar-refractivity contribution is -0.136. The van der Waals surface area contributed by atoms with Crippen LogP contribution >= 0.6 is 0 Å². The molecule has 1 aromatic heterocycles. The van der Waals surface area contributed by atoms with Gasteiger partial charge in [-0.1, -0.05) is 12.1 Å². The second-order valence-electron chi connectivity index (χ2n) is 17.0. The van der Waals surface area contributed by atoms with Gasteiger partial charge in [-0.3, -0.25) is 34.2 Å². The molecule has 0 spiro atoms. The van der Waals surface area contributed by atoms with E-state index in [0.717, 1.165) is 68.4 Å². The van der Waals surface area contributed by atoms with E-state index < -0.39 is 41.4 Å². The van der Waals surface area contributed by atoms with Gasteiger partial charge in [-0.2, -0.15) is 4.98 Å². The van der Waals surface area contributed by atoms with Gasteiger partial charge in [-0.05, 0) is 93.3 Å². The minimum absolute atomic E-state index is 0.0123. The molecule has 9 rings (SSSR count). The molecule has 4 N–H and O–H groups in total. The van der Waals surface area contributed by atoms with Crippen molar-refractivity contribution in [2.75, 3.05) is 81.1 Å². The number of urea groups is 1. The van der Waals surface area contributed by atoms with E-state index in [4.69, 9.17) is 10.7 Å². The first-order valence-corrected chi connectivity index (χ1v) is 21.1. The maximum absolute atomic E-state index is 15.5. The Hall–Kier alpha value is -6.24. The van der Waals surface area contributed by atoms with Crippen LogP contribution in [0.1, 0.15) is 87.6 Å². The largest absolute Gasteiger partial charge is 0.369 e. The van der Waals surface area contributed by atoms with Crippen molar-refractivity contribution in [3.8, 4) is 0 Å². The van der Waals surface area contributed by atoms with Crippen LogP contribution in [0, 0.1) is 11.7 Å². The first kappa shape index (κ1) is 40.2. The zero-order valence-corrected chi connectivity index (χ0v) is 34.0. The van der Waals surface area contributed by atoms with Gasteiger partial charge in [0.1, 0.15) is 11.9 Å². The van der Waals surface area contributed by atoms with Crippen molar-refractivity contribution < 1.29 is 33.2 Å². The molecule has 18 nitrogen and oxygen atoms in total. The predicted molar refractivity (Wildman–Crippen MR) is 220 cm³/mol. The van der Waals surface area contributed by atoms with Crippen LogP contribution in [0.5, 0.6) is 0 Å². The number of primary amides is 1. The summed E-state index contributed by atoms with van der Waals surface area (Å²) < 4.78 is 15.5. The number of piperidine rings is 3. The predicted octanol–water partition coefficient (Wildman–Crippen LogP) is 2.30. The third-order valence-electron chi connectivity index (χ3n) is 13.2. The Kier molecular flexibility index (Phi) is 10.7. The van der Waals surface area contributed by atoms with Gasteiger partial charge < -0.3 is 35.6 Å². The van der Waals surface area contributed by atoms with Gasteiger partial charge in [0.25, 0.3) is 17.7 Å². The zero-order valence-electron chi connectivity index (χ0n) is 34.0. The van der Waals surface area contributed by atoms with Crippen molar-refractivity contribution >= 4 is 58.7 Å². The number of nitrogens with one attached hydrogen (secondary N) is 2. The number of likely N-dealkylation sites (N-methyl/N-ethyl adjacent to an activating group) is 1. The summed E-state index contributed by atoms with van der Waals surface area (Å²) in [5, 5.41) is 13.8. The highest BCUT2D eigenvalue weighted by atomic mass is 19.1. The number of halogens is 1. The van der Waals surface area contributed by atoms with Crippen LogP contribution in [0.4, 0.5) is 32.3 Å². The van der Waals surface area contributed by atoms with Crippen molar-refractivity contribution in [1.82, 2.24) is 40.1 Å². The smallest absolute Gasteiger partial charge is 0.320 e. The molecule has 6 aliphatic heterocycles. The summed E-state index contributed by atoms with van der Waals surface area (Å²) in [6, 6.07) is 9.59. The summed E-state index contributed by atoms with van der Waals surface area (Å²) in [6.45, 7) is 6.58. The standard InChI is InChI=1S/C42H49FN12O6/c1-50-17-18-54(42(50)61)28-3-2-13-53(23-28)41-47-37(35(36(44)57)48-49-41)45-27-6-4-25(5-7-27)26-11-14-51(15-12-26)21-24-10-16-52(22-24)33-20-30-29(19-31(33)43)39(59)55(40(30)60)32-8-9-34(56)46-38(32)58/h4-7,19-20,24,26,28,32H,2-3,8-18,21-23H2,1H3,(H2,44,57)(H,45,47,49)(H,46,56,58). The molecular weight excluding hydrogens is 788 g/mol. The molecule has 6 aliphatic rings. The van der Waals surface area contributed by atoms with Gasteiger partial charge in [0.15, 0.2) is 11.5 Å². The summed E-state index contributed by atoms with van der Waals surface area (Å²) in [7, 11) is 1.81. The van der Waals surface area contributed by atoms with Crippen molar-refractivity contribution in [2.24, 2.45) is 11.7 Å². The average Bonchev–Trinajstić information content (AvgIpc) is 3.92. The van der Waals surface area contributed by atoms with E-state index in [-0.39, 0.29) is 53.2 Å². The van der Waals surface area contributed by atoms with Gasteiger partial charge in [-0.15, -0.1) is 10.2 Å². The minimum atomic E-state index is -1.11. The maximum atomic E-state index is 15.5. The average molecular weight is 837 g/mol. The molecule has 5 saturated heterocycles. The van der Waals surface area contributed by atoms with E-state index in [0.29, 0.717) is 57.1 Å². The molecule has 5 fully saturated rings. The van der Waals surface area contributed by atoms with Crippen molar-refractivity contribution in [2.45, 2.75) is 62.9 Å². The van der Waals surface area contributed by atoms with Crippen LogP contribution in [0.25, 0.3) is 0 Å². The van der Waals surface area contributed by atoms with Crippen molar-refractivity contribution in [3.63, 3.8) is 0 Å². The Morgan fingerprint density at radius 1 is 0.869 bits per heavy atom. The molecule has 0 aliphatic carbocycles. The highest BCUT2D eigenvalue weighted by Crippen LogP contribution is 2.36. The van der Waals surface area contributed by atoms with Crippen molar-refractivity contribution in [1.29, 1.82) is 0 Å². The first-order valence-electron chi connectivity index (χ1n) is 21.1. The van der Waals surface area contributed by atoms with Crippen LogP contribution in [-0.4, -0.2) is 148 Å². The number of carbonyl (C=O) groups is 6. The fourth-order valence-corrected chi connectivity index (χ4v) is 9.81. The summed E-state index contributed by atoms with van der Waals surface area (Å²) >= 11 is 0. The number of rotatable bonds is 10. The molecule has 0 radical (unpaired) electrons. The van der Waals surface area contributed by atoms with Crippen LogP contribution < -0.4 is 26.2 Å². The fraction of sp³-hybridized carbons (Fsp3) is 0.500. The number of benzene rings is 2. The zero-order chi connectivity index (χ0) is 42.5. The molecule has 3 atom stereocenters. The third-order valence-corrected chi connectivity index (χ3v) is 13.2. The van der Waals surface area contributed by atoms with Crippen molar-refractivity contribution in [3.05, 3.63) is 64.6 Å². The van der Waals surface area contributed by atoms with Gasteiger partial charge in [0.2, 0.25) is 17.8 Å². The number of likely N-dealkylation sites (tertiary alicyclic amines) is 1. The van der Waals surface area contributed by atoms with Crippen LogP contribution in [0.15, 0.2) is 36.4 Å². The summed E-state index contributed by atoms with van der Waals surface area (Å²) in [4.78, 5) is 91.2. The van der Waals surface area contributed by atoms with E-state index in [9.17, 15) is 28.8 Å². The second-order valence-corrected chi connectivity index (χ2v) is 17.0. The number of hydrogen-bond donors (Lipinski definition) is 3. The van der Waals surface area contributed by atoms with Crippen LogP contribution in [-0.2, 0) is 9.59 Å². The quantitative estimate of drug-likeness (QED) is 0.251. The lowest BCUT2D eigenvalue weighted by atomic mass is 9.89. The second kappa shape index (κ2) is 16.3. The number of fused-ring (bicyclic) bond motifs is 1. The highest BCUT2D eigenvalue weighted by molar-refractivity contribution is 6.23. The number of nitrogens with zero attached hydrogens (tertiary/aromatic N) is 9. The van der Waals surface area contributed by atoms with E-state index >= 15 is 4.39 Å². The van der Waals surface area contributed by atoms with Gasteiger partial charge in [-0.25, -0.2) is 9.18 Å². The van der Waals surface area contributed by atoms with Gasteiger partial charge in [0.05, 0.1) is 22.9 Å². The Morgan fingerprint density at radius 3 is 2.33 bits per heavy atom. The number of amides is 7. The molecule has 3 unspecified atom stereocenters. The number of aromatic nitrogens is 3. The van der Waals surface area contributed by atoms with Gasteiger partial charge >= 0.3 is 6.03 Å². The van der Waals surface area contributed by atoms with E-state index in [2.05, 4.69) is 37.9 Å². The Morgan fingerprint density at radius 2 is 1.62 bits per heavy atom. The molecule has 2 aromatic carbocycles. The van der Waals surface area contributed by atoms with E-state index in [1.807, 2.05) is 33.9 Å². The number of nitrogens with two attached hydrogens (primary N) is 1. The number of imide groups is 2. The summed E-state index contributed by atoms with van der Waals surface area (Å²) in [5.41, 5.74) is 7.83. The SMILES string of the molecule is CN1CCN(C2CCCN(c3nnc(C(N)=O)c(Nc4ccc(C5CCN(CC6CCN(c7cc8c(cc7F)C(=O)N(C7CCC(=O)NC7=O)C8=O)C6)CC5)cc4)n3)C2)C1=O. The molecule has 320 valence electrons. The molecule has 0 saturated carbocycles. The van der Waals surface area contributed by atoms with Crippen LogP contribution in [0.2, 0.25) is 0 Å². The van der Waals surface area contributed by atoms with E-state index in [1.54, 1.807) is 4.90 Å². The third kappa shape index (κ3) is 7.81. The normalized spacial score (nSPS) is 23.9. The van der Waals surface area contributed by atoms with Crippen LogP contribution in [0.3, 0.4) is 0 Å². The Labute approximate surface area is 351 Å². The number of anilines is 4. The molecule has 7 heterocycles. The lowest BCUT2D eigenvalue weighted by Gasteiger charge is -2.37. The maximum Gasteiger partial charge on any atom is 0.320 e. The molecular formula is C42H49FN12O6. The molecule has 61 heavy (non-hydrogen) atoms. The molecule has 0 bridgehead atoms. The monoisotopic (exact) mass is 836 g/mol. The first-order chi connectivity index (χ1) is 29.4.